The van der Waals surface area contributed by atoms with Crippen LogP contribution in [0, 0.1) is 24.0 Å². The summed E-state index contributed by atoms with van der Waals surface area (Å²) in [4.78, 5) is 22.6. The van der Waals surface area contributed by atoms with E-state index in [1.54, 1.807) is 6.21 Å². The minimum Gasteiger partial charge on any atom is -0.451 e. The molecule has 0 atom stereocenters. The number of fused-ring (bicyclic) bond motifs is 1. The first kappa shape index (κ1) is 19.3. The van der Waals surface area contributed by atoms with E-state index in [2.05, 4.69) is 35.9 Å². The molecule has 1 aromatic carbocycles. The van der Waals surface area contributed by atoms with Gasteiger partial charge in [-0.3, -0.25) is 14.9 Å². The summed E-state index contributed by atoms with van der Waals surface area (Å²) in [5, 5.41) is 15.4. The first-order chi connectivity index (χ1) is 13.1. The molecule has 0 unspecified atom stereocenters. The molecule has 1 amide bonds. The fourth-order valence-electron chi connectivity index (χ4n) is 3.42. The van der Waals surface area contributed by atoms with Gasteiger partial charge in [0, 0.05) is 40.0 Å². The lowest BCUT2D eigenvalue weighted by Crippen LogP contribution is -2.24. The molecule has 3 aromatic rings. The Bertz CT molecular complexity index is 1100. The summed E-state index contributed by atoms with van der Waals surface area (Å²) in [6.45, 7) is 10.4. The molecule has 0 aliphatic carbocycles. The minimum atomic E-state index is -0.528. The van der Waals surface area contributed by atoms with Crippen LogP contribution in [-0.2, 0) is 5.54 Å². The van der Waals surface area contributed by atoms with Crippen molar-refractivity contribution in [1.29, 1.82) is 0 Å². The van der Waals surface area contributed by atoms with E-state index >= 15 is 0 Å². The zero-order valence-electron chi connectivity index (χ0n) is 16.4. The maximum atomic E-state index is 12.3. The van der Waals surface area contributed by atoms with Gasteiger partial charge in [0.25, 0.3) is 5.69 Å². The van der Waals surface area contributed by atoms with Gasteiger partial charge in [0.2, 0.25) is 0 Å². The zero-order chi connectivity index (χ0) is 20.6. The van der Waals surface area contributed by atoms with Crippen LogP contribution in [0.1, 0.15) is 48.3 Å². The van der Waals surface area contributed by atoms with Crippen molar-refractivity contribution in [3.63, 3.8) is 0 Å². The maximum absolute atomic E-state index is 12.3. The molecule has 0 bridgehead atoms. The molecule has 1 N–H and O–H groups in total. The number of nitrogens with one attached hydrogen (secondary N) is 1. The molecule has 0 fully saturated rings. The highest BCUT2D eigenvalue weighted by Gasteiger charge is 2.19. The van der Waals surface area contributed by atoms with Crippen molar-refractivity contribution in [2.75, 3.05) is 0 Å². The van der Waals surface area contributed by atoms with Gasteiger partial charge in [-0.05, 0) is 52.8 Å². The van der Waals surface area contributed by atoms with Crippen LogP contribution in [0.4, 0.5) is 5.69 Å². The highest BCUT2D eigenvalue weighted by atomic mass is 16.6. The van der Waals surface area contributed by atoms with Crippen LogP contribution in [0.5, 0.6) is 0 Å². The zero-order valence-corrected chi connectivity index (χ0v) is 16.4. The van der Waals surface area contributed by atoms with Crippen molar-refractivity contribution in [2.45, 2.75) is 40.2 Å². The average Bonchev–Trinajstić information content (AvgIpc) is 3.14. The van der Waals surface area contributed by atoms with Gasteiger partial charge >= 0.3 is 5.91 Å². The van der Waals surface area contributed by atoms with Gasteiger partial charge in [0.1, 0.15) is 5.58 Å². The average molecular weight is 382 g/mol. The second kappa shape index (κ2) is 6.95. The molecule has 0 aliphatic rings. The van der Waals surface area contributed by atoms with Gasteiger partial charge in [-0.2, -0.15) is 5.10 Å². The summed E-state index contributed by atoms with van der Waals surface area (Å²) in [6.07, 6.45) is 1.59. The number of benzene rings is 1. The predicted octanol–water partition coefficient (Wildman–Crippen LogP) is 4.28. The van der Waals surface area contributed by atoms with Crippen molar-refractivity contribution >= 4 is 28.8 Å². The molecule has 8 nitrogen and oxygen atoms in total. The normalized spacial score (nSPS) is 12.0. The Labute approximate surface area is 162 Å². The van der Waals surface area contributed by atoms with E-state index in [9.17, 15) is 14.9 Å². The van der Waals surface area contributed by atoms with E-state index in [-0.39, 0.29) is 17.0 Å². The monoisotopic (exact) mass is 382 g/mol. The Balaban J connectivity index is 1.77. The Kier molecular flexibility index (Phi) is 4.80. The number of hydrogen-bond acceptors (Lipinski definition) is 5. The highest BCUT2D eigenvalue weighted by molar-refractivity contribution is 5.97. The molecule has 3 rings (SSSR count). The third kappa shape index (κ3) is 3.66. The third-order valence-electron chi connectivity index (χ3n) is 4.45. The molecule has 0 radical (unpaired) electrons. The van der Waals surface area contributed by atoms with E-state index in [1.165, 1.54) is 24.3 Å². The molecule has 2 heterocycles. The number of aromatic nitrogens is 1. The fraction of sp³-hybridized carbons (Fsp3) is 0.300. The van der Waals surface area contributed by atoms with E-state index in [1.807, 2.05) is 19.9 Å². The van der Waals surface area contributed by atoms with E-state index in [4.69, 9.17) is 4.42 Å². The number of nitrogens with zero attached hydrogens (tertiary/aromatic N) is 3. The SMILES string of the molecule is Cc1cc(/C=N\NC(=O)c2cc3cc([N+](=O)[O-])ccc3o2)c(C)n1C(C)(C)C. The Hall–Kier alpha value is -3.42. The van der Waals surface area contributed by atoms with Crippen molar-refractivity contribution in [3.8, 4) is 0 Å². The smallest absolute Gasteiger partial charge is 0.307 e. The summed E-state index contributed by atoms with van der Waals surface area (Å²) >= 11 is 0. The van der Waals surface area contributed by atoms with Gasteiger partial charge < -0.3 is 8.98 Å². The summed E-state index contributed by atoms with van der Waals surface area (Å²) in [6, 6.07) is 7.63. The lowest BCUT2D eigenvalue weighted by Gasteiger charge is -2.25. The lowest BCUT2D eigenvalue weighted by molar-refractivity contribution is -0.384. The number of amides is 1. The number of nitro groups is 1. The Morgan fingerprint density at radius 3 is 2.57 bits per heavy atom. The number of carbonyl (C=O) groups excluding carboxylic acids is 1. The summed E-state index contributed by atoms with van der Waals surface area (Å²) in [5.74, 6) is -0.493. The Morgan fingerprint density at radius 1 is 1.25 bits per heavy atom. The number of hydrogen-bond donors (Lipinski definition) is 1. The first-order valence-corrected chi connectivity index (χ1v) is 8.79. The largest absolute Gasteiger partial charge is 0.451 e. The lowest BCUT2D eigenvalue weighted by atomic mass is 10.1. The Morgan fingerprint density at radius 2 is 1.96 bits per heavy atom. The van der Waals surface area contributed by atoms with Gasteiger partial charge in [-0.25, -0.2) is 5.43 Å². The van der Waals surface area contributed by atoms with Crippen molar-refractivity contribution < 1.29 is 14.1 Å². The van der Waals surface area contributed by atoms with Crippen LogP contribution in [0.15, 0.2) is 39.9 Å². The van der Waals surface area contributed by atoms with Crippen LogP contribution in [0.25, 0.3) is 11.0 Å². The molecule has 146 valence electrons. The van der Waals surface area contributed by atoms with E-state index in [0.717, 1.165) is 17.0 Å². The third-order valence-corrected chi connectivity index (χ3v) is 4.45. The molecule has 0 aliphatic heterocycles. The standard InChI is InChI=1S/C20H22N4O4/c1-12-8-15(13(2)23(12)20(3,4)5)11-21-22-19(25)18-10-14-9-16(24(26)27)6-7-17(14)28-18/h6-11H,1-5H3,(H,22,25)/b21-11-. The molecule has 8 heteroatoms. The van der Waals surface area contributed by atoms with Gasteiger partial charge in [0.15, 0.2) is 5.76 Å². The number of rotatable bonds is 4. The summed E-state index contributed by atoms with van der Waals surface area (Å²) < 4.78 is 7.66. The van der Waals surface area contributed by atoms with Crippen molar-refractivity contribution in [3.05, 3.63) is 63.2 Å². The van der Waals surface area contributed by atoms with E-state index in [0.29, 0.717) is 11.0 Å². The minimum absolute atomic E-state index is 0.0350. The molecule has 2 aromatic heterocycles. The van der Waals surface area contributed by atoms with Crippen LogP contribution >= 0.6 is 0 Å². The topological polar surface area (TPSA) is 103 Å². The quantitative estimate of drug-likeness (QED) is 0.413. The van der Waals surface area contributed by atoms with Crippen LogP contribution < -0.4 is 5.43 Å². The van der Waals surface area contributed by atoms with Crippen LogP contribution in [0.2, 0.25) is 0 Å². The van der Waals surface area contributed by atoms with Crippen LogP contribution in [-0.4, -0.2) is 21.6 Å². The second-order valence-electron chi connectivity index (χ2n) is 7.62. The number of nitro benzene ring substituents is 1. The predicted molar refractivity (Wildman–Crippen MR) is 107 cm³/mol. The van der Waals surface area contributed by atoms with Gasteiger partial charge in [-0.15, -0.1) is 0 Å². The number of hydrazone groups is 1. The number of aryl methyl sites for hydroxylation is 1. The van der Waals surface area contributed by atoms with Crippen LogP contribution in [0.3, 0.4) is 0 Å². The van der Waals surface area contributed by atoms with Crippen molar-refractivity contribution in [2.24, 2.45) is 5.10 Å². The molecule has 28 heavy (non-hydrogen) atoms. The number of furan rings is 1. The second-order valence-corrected chi connectivity index (χ2v) is 7.62. The molecule has 0 saturated carbocycles. The highest BCUT2D eigenvalue weighted by Crippen LogP contribution is 2.25. The molecule has 0 spiro atoms. The fourth-order valence-corrected chi connectivity index (χ4v) is 3.42. The molecular weight excluding hydrogens is 360 g/mol. The summed E-state index contributed by atoms with van der Waals surface area (Å²) in [5.41, 5.74) is 5.79. The van der Waals surface area contributed by atoms with E-state index < -0.39 is 10.8 Å². The summed E-state index contributed by atoms with van der Waals surface area (Å²) in [7, 11) is 0. The first-order valence-electron chi connectivity index (χ1n) is 8.79. The van der Waals surface area contributed by atoms with Gasteiger partial charge in [-0.1, -0.05) is 0 Å². The number of carbonyl (C=O) groups is 1. The van der Waals surface area contributed by atoms with Crippen molar-refractivity contribution in [1.82, 2.24) is 9.99 Å². The molecular formula is C20H22N4O4. The van der Waals surface area contributed by atoms with Gasteiger partial charge in [0.05, 0.1) is 11.1 Å². The number of non-ortho nitro benzene ring substituents is 1. The maximum Gasteiger partial charge on any atom is 0.307 e. The molecule has 0 saturated heterocycles.